The third kappa shape index (κ3) is 4.26. The average Bonchev–Trinajstić information content (AvgIpc) is 2.58. The van der Waals surface area contributed by atoms with Gasteiger partial charge in [-0.15, -0.1) is 0 Å². The van der Waals surface area contributed by atoms with Crippen molar-refractivity contribution in [2.24, 2.45) is 0 Å². The lowest BCUT2D eigenvalue weighted by Gasteiger charge is -2.09. The van der Waals surface area contributed by atoms with E-state index in [-0.39, 0.29) is 5.56 Å². The van der Waals surface area contributed by atoms with Crippen molar-refractivity contribution in [3.8, 4) is 5.75 Å². The van der Waals surface area contributed by atoms with Gasteiger partial charge in [0.1, 0.15) is 12.4 Å². The van der Waals surface area contributed by atoms with Gasteiger partial charge in [-0.3, -0.25) is 9.78 Å². The standard InChI is InChI=1S/C20H20N2O3/c1-13-6-8-15(9-7-13)12-25-17-5-3-4-16(10-17)11-18-14(2)21-20(24)22-19(18)23/h3-10H,11-12H2,1-2H3,(H2,21,22,23,24). The maximum absolute atomic E-state index is 12.0. The highest BCUT2D eigenvalue weighted by Gasteiger charge is 2.08. The number of benzene rings is 2. The van der Waals surface area contributed by atoms with Gasteiger partial charge in [-0.05, 0) is 37.1 Å². The van der Waals surface area contributed by atoms with Crippen LogP contribution >= 0.6 is 0 Å². The summed E-state index contributed by atoms with van der Waals surface area (Å²) >= 11 is 0. The molecule has 0 fully saturated rings. The zero-order valence-electron chi connectivity index (χ0n) is 14.3. The zero-order valence-corrected chi connectivity index (χ0v) is 14.3. The van der Waals surface area contributed by atoms with Crippen molar-refractivity contribution < 1.29 is 4.74 Å². The fraction of sp³-hybridized carbons (Fsp3) is 0.200. The van der Waals surface area contributed by atoms with Crippen LogP contribution in [0.4, 0.5) is 0 Å². The van der Waals surface area contributed by atoms with Gasteiger partial charge in [0, 0.05) is 17.7 Å². The molecule has 5 heteroatoms. The summed E-state index contributed by atoms with van der Waals surface area (Å²) in [5.74, 6) is 0.747. The van der Waals surface area contributed by atoms with Crippen LogP contribution in [0.1, 0.15) is 27.9 Å². The molecule has 0 aliphatic carbocycles. The van der Waals surface area contributed by atoms with Crippen LogP contribution < -0.4 is 16.0 Å². The van der Waals surface area contributed by atoms with Gasteiger partial charge in [-0.1, -0.05) is 42.0 Å². The van der Waals surface area contributed by atoms with Gasteiger partial charge in [0.05, 0.1) is 0 Å². The first-order valence-electron chi connectivity index (χ1n) is 8.10. The summed E-state index contributed by atoms with van der Waals surface area (Å²) in [7, 11) is 0. The molecule has 0 bridgehead atoms. The van der Waals surface area contributed by atoms with Crippen LogP contribution in [-0.4, -0.2) is 9.97 Å². The highest BCUT2D eigenvalue weighted by molar-refractivity contribution is 5.33. The zero-order chi connectivity index (χ0) is 17.8. The summed E-state index contributed by atoms with van der Waals surface area (Å²) in [6, 6.07) is 15.8. The van der Waals surface area contributed by atoms with Crippen molar-refractivity contribution in [1.82, 2.24) is 9.97 Å². The van der Waals surface area contributed by atoms with E-state index in [1.807, 2.05) is 36.4 Å². The molecule has 2 aromatic carbocycles. The highest BCUT2D eigenvalue weighted by Crippen LogP contribution is 2.17. The number of aryl methyl sites for hydroxylation is 2. The van der Waals surface area contributed by atoms with E-state index in [4.69, 9.17) is 4.74 Å². The van der Waals surface area contributed by atoms with Crippen molar-refractivity contribution >= 4 is 0 Å². The molecule has 2 N–H and O–H groups in total. The molecular weight excluding hydrogens is 316 g/mol. The van der Waals surface area contributed by atoms with Gasteiger partial charge in [0.25, 0.3) is 5.56 Å². The van der Waals surface area contributed by atoms with E-state index in [1.54, 1.807) is 6.92 Å². The Kier molecular flexibility index (Phi) is 4.84. The van der Waals surface area contributed by atoms with Gasteiger partial charge in [-0.2, -0.15) is 0 Å². The summed E-state index contributed by atoms with van der Waals surface area (Å²) in [5.41, 5.74) is 3.56. The quantitative estimate of drug-likeness (QED) is 0.752. The Hall–Kier alpha value is -3.08. The summed E-state index contributed by atoms with van der Waals surface area (Å²) in [4.78, 5) is 28.2. The Morgan fingerprint density at radius 3 is 2.40 bits per heavy atom. The number of nitrogens with one attached hydrogen (secondary N) is 2. The van der Waals surface area contributed by atoms with Gasteiger partial charge in [0.2, 0.25) is 0 Å². The van der Waals surface area contributed by atoms with E-state index in [1.165, 1.54) is 5.56 Å². The molecule has 0 saturated heterocycles. The Bertz CT molecular complexity index is 985. The minimum Gasteiger partial charge on any atom is -0.489 e. The topological polar surface area (TPSA) is 75.0 Å². The largest absolute Gasteiger partial charge is 0.489 e. The number of aromatic amines is 2. The van der Waals surface area contributed by atoms with Gasteiger partial charge in [0.15, 0.2) is 0 Å². The van der Waals surface area contributed by atoms with Crippen molar-refractivity contribution in [1.29, 1.82) is 0 Å². The van der Waals surface area contributed by atoms with E-state index < -0.39 is 5.69 Å². The Labute approximate surface area is 145 Å². The average molecular weight is 336 g/mol. The van der Waals surface area contributed by atoms with Gasteiger partial charge < -0.3 is 9.72 Å². The molecule has 0 radical (unpaired) electrons. The highest BCUT2D eigenvalue weighted by atomic mass is 16.5. The van der Waals surface area contributed by atoms with Gasteiger partial charge >= 0.3 is 5.69 Å². The van der Waals surface area contributed by atoms with Crippen LogP contribution in [0.5, 0.6) is 5.75 Å². The number of ether oxygens (including phenoxy) is 1. The molecule has 1 heterocycles. The second kappa shape index (κ2) is 7.21. The SMILES string of the molecule is Cc1ccc(COc2cccc(Cc3c(C)[nH]c(=O)[nH]c3=O)c2)cc1. The maximum atomic E-state index is 12.0. The van der Waals surface area contributed by atoms with E-state index in [0.29, 0.717) is 24.3 Å². The molecule has 0 spiro atoms. The first kappa shape index (κ1) is 16.8. The van der Waals surface area contributed by atoms with Crippen LogP contribution in [0.15, 0.2) is 58.1 Å². The molecule has 0 aliphatic rings. The second-order valence-corrected chi connectivity index (χ2v) is 6.11. The monoisotopic (exact) mass is 336 g/mol. The van der Waals surface area contributed by atoms with Gasteiger partial charge in [-0.25, -0.2) is 4.79 Å². The number of hydrogen-bond donors (Lipinski definition) is 2. The van der Waals surface area contributed by atoms with Crippen molar-refractivity contribution in [3.63, 3.8) is 0 Å². The summed E-state index contributed by atoms with van der Waals surface area (Å²) < 4.78 is 5.85. The fourth-order valence-corrected chi connectivity index (χ4v) is 2.64. The van der Waals surface area contributed by atoms with E-state index in [9.17, 15) is 9.59 Å². The minimum atomic E-state index is -0.485. The van der Waals surface area contributed by atoms with Crippen molar-refractivity contribution in [3.05, 3.63) is 97.3 Å². The maximum Gasteiger partial charge on any atom is 0.325 e. The number of hydrogen-bond acceptors (Lipinski definition) is 3. The molecule has 0 atom stereocenters. The van der Waals surface area contributed by atoms with Crippen LogP contribution in [0.25, 0.3) is 0 Å². The summed E-state index contributed by atoms with van der Waals surface area (Å²) in [6.45, 7) is 4.26. The predicted octanol–water partition coefficient (Wildman–Crippen LogP) is 2.85. The lowest BCUT2D eigenvalue weighted by molar-refractivity contribution is 0.306. The van der Waals surface area contributed by atoms with Crippen LogP contribution in [0.3, 0.4) is 0 Å². The normalized spacial score (nSPS) is 10.6. The Balaban J connectivity index is 1.74. The third-order valence-corrected chi connectivity index (χ3v) is 4.06. The number of H-pyrrole nitrogens is 2. The first-order valence-corrected chi connectivity index (χ1v) is 8.10. The molecule has 0 aliphatic heterocycles. The molecule has 0 unspecified atom stereocenters. The third-order valence-electron chi connectivity index (χ3n) is 4.06. The first-order chi connectivity index (χ1) is 12.0. The van der Waals surface area contributed by atoms with E-state index >= 15 is 0 Å². The lowest BCUT2D eigenvalue weighted by atomic mass is 10.0. The molecule has 128 valence electrons. The molecule has 0 saturated carbocycles. The predicted molar refractivity (Wildman–Crippen MR) is 97.2 cm³/mol. The van der Waals surface area contributed by atoms with Crippen LogP contribution in [-0.2, 0) is 13.0 Å². The molecular formula is C20H20N2O3. The fourth-order valence-electron chi connectivity index (χ4n) is 2.64. The number of rotatable bonds is 5. The summed E-state index contributed by atoms with van der Waals surface area (Å²) in [5, 5.41) is 0. The van der Waals surface area contributed by atoms with Crippen molar-refractivity contribution in [2.45, 2.75) is 26.9 Å². The molecule has 3 aromatic rings. The van der Waals surface area contributed by atoms with Crippen LogP contribution in [0.2, 0.25) is 0 Å². The molecule has 5 nitrogen and oxygen atoms in total. The molecule has 25 heavy (non-hydrogen) atoms. The Morgan fingerprint density at radius 2 is 1.68 bits per heavy atom. The lowest BCUT2D eigenvalue weighted by Crippen LogP contribution is -2.27. The second-order valence-electron chi connectivity index (χ2n) is 6.11. The molecule has 3 rings (SSSR count). The Morgan fingerprint density at radius 1 is 0.920 bits per heavy atom. The number of aromatic nitrogens is 2. The molecule has 1 aromatic heterocycles. The molecule has 0 amide bonds. The van der Waals surface area contributed by atoms with Crippen molar-refractivity contribution in [2.75, 3.05) is 0 Å². The van der Waals surface area contributed by atoms with E-state index in [0.717, 1.165) is 16.9 Å². The minimum absolute atomic E-state index is 0.354. The van der Waals surface area contributed by atoms with E-state index in [2.05, 4.69) is 29.0 Å². The smallest absolute Gasteiger partial charge is 0.325 e. The summed E-state index contributed by atoms with van der Waals surface area (Å²) in [6.07, 6.45) is 0.430. The van der Waals surface area contributed by atoms with Crippen LogP contribution in [0, 0.1) is 13.8 Å².